The van der Waals surface area contributed by atoms with E-state index >= 15 is 0 Å². The number of hydrogen-bond acceptors (Lipinski definition) is 3. The molecule has 2 unspecified atom stereocenters. The molecule has 2 aromatic carbocycles. The lowest BCUT2D eigenvalue weighted by molar-refractivity contribution is 0.439. The van der Waals surface area contributed by atoms with Crippen molar-refractivity contribution in [2.24, 2.45) is 0 Å². The fraction of sp³-hybridized carbons (Fsp3) is 0.0833. The lowest BCUT2D eigenvalue weighted by Crippen LogP contribution is -2.29. The Morgan fingerprint density at radius 3 is 2.48 bits per heavy atom. The van der Waals surface area contributed by atoms with E-state index in [2.05, 4.69) is 15.2 Å². The zero-order valence-electron chi connectivity index (χ0n) is 16.2. The number of aromatic nitrogens is 1. The molecule has 5 rings (SSSR count). The number of hydrogen-bond donors (Lipinski definition) is 1. The molecule has 1 N–H and O–H groups in total. The van der Waals surface area contributed by atoms with E-state index in [-0.39, 0.29) is 12.1 Å². The Bertz CT molecular complexity index is 1230. The second kappa shape index (κ2) is 8.35. The van der Waals surface area contributed by atoms with Crippen LogP contribution in [-0.2, 0) is 0 Å². The number of nitrogens with one attached hydrogen (secondary N) is 1. The quantitative estimate of drug-likeness (QED) is 0.334. The lowest BCUT2D eigenvalue weighted by Gasteiger charge is -2.26. The normalized spacial score (nSPS) is 18.3. The summed E-state index contributed by atoms with van der Waals surface area (Å²) < 4.78 is 6.33. The predicted octanol–water partition coefficient (Wildman–Crippen LogP) is 6.83. The molecule has 154 valence electrons. The summed E-state index contributed by atoms with van der Waals surface area (Å²) in [6, 6.07) is 24.8. The molecule has 0 aliphatic carbocycles. The van der Waals surface area contributed by atoms with Gasteiger partial charge in [-0.1, -0.05) is 53.5 Å². The van der Waals surface area contributed by atoms with Crippen LogP contribution in [0, 0.1) is 0 Å². The Kier molecular flexibility index (Phi) is 5.40. The predicted molar refractivity (Wildman–Crippen MR) is 129 cm³/mol. The van der Waals surface area contributed by atoms with Crippen LogP contribution in [0.5, 0.6) is 0 Å². The van der Waals surface area contributed by atoms with Crippen molar-refractivity contribution in [2.75, 3.05) is 4.90 Å². The highest BCUT2D eigenvalue weighted by Crippen LogP contribution is 2.43. The number of halogens is 2. The van der Waals surface area contributed by atoms with E-state index in [1.807, 2.05) is 72.8 Å². The van der Waals surface area contributed by atoms with Crippen LogP contribution in [0.25, 0.3) is 11.3 Å². The van der Waals surface area contributed by atoms with Crippen molar-refractivity contribution in [3.63, 3.8) is 0 Å². The molecule has 1 saturated heterocycles. The maximum Gasteiger partial charge on any atom is 0.174 e. The smallest absolute Gasteiger partial charge is 0.174 e. The first-order valence-electron chi connectivity index (χ1n) is 9.73. The Hall–Kier alpha value is -2.86. The van der Waals surface area contributed by atoms with Gasteiger partial charge in [-0.3, -0.25) is 4.98 Å². The van der Waals surface area contributed by atoms with Crippen molar-refractivity contribution in [3.05, 3.63) is 107 Å². The molecule has 4 aromatic rings. The van der Waals surface area contributed by atoms with Gasteiger partial charge >= 0.3 is 0 Å². The standard InChI is InChI=1S/C24H17Cl2N3OS/c25-17-10-6-9-16(21(17)26)19-12-13-20(30-19)23-22(18-11-4-5-14-27-18)28-24(31)29(23)15-7-2-1-3-8-15/h1-14,22-23H,(H,28,31). The number of furan rings is 1. The molecule has 4 nitrogen and oxygen atoms in total. The van der Waals surface area contributed by atoms with Gasteiger partial charge in [0.25, 0.3) is 0 Å². The second-order valence-corrected chi connectivity index (χ2v) is 8.31. The summed E-state index contributed by atoms with van der Waals surface area (Å²) in [7, 11) is 0. The summed E-state index contributed by atoms with van der Waals surface area (Å²) in [4.78, 5) is 6.63. The number of pyridine rings is 1. The molecule has 0 saturated carbocycles. The Balaban J connectivity index is 1.61. The van der Waals surface area contributed by atoms with Gasteiger partial charge in [0.05, 0.1) is 21.8 Å². The lowest BCUT2D eigenvalue weighted by atomic mass is 10.0. The molecule has 0 spiro atoms. The van der Waals surface area contributed by atoms with Gasteiger partial charge in [-0.05, 0) is 60.7 Å². The fourth-order valence-electron chi connectivity index (χ4n) is 3.86. The Morgan fingerprint density at radius 2 is 1.71 bits per heavy atom. The van der Waals surface area contributed by atoms with Gasteiger partial charge in [0.15, 0.2) is 5.11 Å². The molecule has 3 heterocycles. The van der Waals surface area contributed by atoms with Gasteiger partial charge in [-0.2, -0.15) is 0 Å². The number of benzene rings is 2. The van der Waals surface area contributed by atoms with Crippen LogP contribution in [0.1, 0.15) is 23.5 Å². The largest absolute Gasteiger partial charge is 0.459 e. The average Bonchev–Trinajstić information content (AvgIpc) is 3.41. The van der Waals surface area contributed by atoms with Crippen molar-refractivity contribution >= 4 is 46.2 Å². The minimum absolute atomic E-state index is 0.178. The van der Waals surface area contributed by atoms with Crippen molar-refractivity contribution < 1.29 is 4.42 Å². The minimum atomic E-state index is -0.225. The molecule has 2 atom stereocenters. The minimum Gasteiger partial charge on any atom is -0.459 e. The Labute approximate surface area is 195 Å². The number of thiocarbonyl (C=S) groups is 1. The van der Waals surface area contributed by atoms with Crippen molar-refractivity contribution in [1.29, 1.82) is 0 Å². The third kappa shape index (κ3) is 3.69. The number of nitrogens with zero attached hydrogens (tertiary/aromatic N) is 2. The molecule has 0 radical (unpaired) electrons. The van der Waals surface area contributed by atoms with Gasteiger partial charge in [-0.15, -0.1) is 0 Å². The van der Waals surface area contributed by atoms with Gasteiger partial charge in [0.2, 0.25) is 0 Å². The number of anilines is 1. The van der Waals surface area contributed by atoms with Crippen LogP contribution in [0.15, 0.2) is 89.5 Å². The van der Waals surface area contributed by atoms with Gasteiger partial charge in [-0.25, -0.2) is 0 Å². The zero-order chi connectivity index (χ0) is 21.4. The first kappa shape index (κ1) is 20.1. The van der Waals surface area contributed by atoms with Gasteiger partial charge < -0.3 is 14.6 Å². The van der Waals surface area contributed by atoms with E-state index in [0.29, 0.717) is 20.9 Å². The van der Waals surface area contributed by atoms with Gasteiger partial charge in [0, 0.05) is 17.4 Å². The zero-order valence-corrected chi connectivity index (χ0v) is 18.5. The summed E-state index contributed by atoms with van der Waals surface area (Å²) in [6.07, 6.45) is 1.78. The topological polar surface area (TPSA) is 41.3 Å². The molecular weight excluding hydrogens is 449 g/mol. The first-order chi connectivity index (χ1) is 15.1. The molecule has 31 heavy (non-hydrogen) atoms. The molecule has 0 bridgehead atoms. The third-order valence-electron chi connectivity index (χ3n) is 5.27. The van der Waals surface area contributed by atoms with E-state index in [4.69, 9.17) is 39.8 Å². The maximum absolute atomic E-state index is 6.42. The maximum atomic E-state index is 6.42. The average molecular weight is 466 g/mol. The monoisotopic (exact) mass is 465 g/mol. The summed E-state index contributed by atoms with van der Waals surface area (Å²) in [5, 5.41) is 4.99. The first-order valence-corrected chi connectivity index (χ1v) is 10.9. The molecular formula is C24H17Cl2N3OS. The third-order valence-corrected chi connectivity index (χ3v) is 6.40. The number of para-hydroxylation sites is 1. The van der Waals surface area contributed by atoms with Crippen molar-refractivity contribution in [3.8, 4) is 11.3 Å². The summed E-state index contributed by atoms with van der Waals surface area (Å²) >= 11 is 18.4. The van der Waals surface area contributed by atoms with E-state index in [1.165, 1.54) is 0 Å². The molecule has 2 aromatic heterocycles. The van der Waals surface area contributed by atoms with Crippen molar-refractivity contribution in [1.82, 2.24) is 10.3 Å². The summed E-state index contributed by atoms with van der Waals surface area (Å²) in [5.74, 6) is 1.39. The SMILES string of the molecule is S=C1NC(c2ccccn2)C(c2ccc(-c3cccc(Cl)c3Cl)o2)N1c1ccccc1. The van der Waals surface area contributed by atoms with Crippen LogP contribution >= 0.6 is 35.4 Å². The molecule has 7 heteroatoms. The van der Waals surface area contributed by atoms with E-state index < -0.39 is 0 Å². The second-order valence-electron chi connectivity index (χ2n) is 7.14. The van der Waals surface area contributed by atoms with Crippen LogP contribution in [0.3, 0.4) is 0 Å². The highest BCUT2D eigenvalue weighted by Gasteiger charge is 2.42. The number of rotatable bonds is 4. The van der Waals surface area contributed by atoms with Crippen LogP contribution < -0.4 is 10.2 Å². The molecule has 1 aliphatic rings. The van der Waals surface area contributed by atoms with E-state index in [0.717, 1.165) is 22.7 Å². The molecule has 0 amide bonds. The van der Waals surface area contributed by atoms with Crippen LogP contribution in [0.2, 0.25) is 10.0 Å². The Morgan fingerprint density at radius 1 is 0.903 bits per heavy atom. The summed E-state index contributed by atoms with van der Waals surface area (Å²) in [5.41, 5.74) is 2.60. The van der Waals surface area contributed by atoms with E-state index in [1.54, 1.807) is 12.3 Å². The van der Waals surface area contributed by atoms with Gasteiger partial charge in [0.1, 0.15) is 17.6 Å². The fourth-order valence-corrected chi connectivity index (χ4v) is 4.60. The van der Waals surface area contributed by atoms with Crippen LogP contribution in [0.4, 0.5) is 5.69 Å². The van der Waals surface area contributed by atoms with E-state index in [9.17, 15) is 0 Å². The highest BCUT2D eigenvalue weighted by molar-refractivity contribution is 7.80. The van der Waals surface area contributed by atoms with Crippen LogP contribution in [-0.4, -0.2) is 10.1 Å². The highest BCUT2D eigenvalue weighted by atomic mass is 35.5. The summed E-state index contributed by atoms with van der Waals surface area (Å²) in [6.45, 7) is 0. The molecule has 1 fully saturated rings. The van der Waals surface area contributed by atoms with Crippen molar-refractivity contribution in [2.45, 2.75) is 12.1 Å². The molecule has 1 aliphatic heterocycles.